The van der Waals surface area contributed by atoms with Crippen LogP contribution in [0.15, 0.2) is 48.5 Å². The molecule has 2 N–H and O–H groups in total. The molecule has 2 aromatic rings. The van der Waals surface area contributed by atoms with Crippen LogP contribution in [0.2, 0.25) is 0 Å². The first-order valence-electron chi connectivity index (χ1n) is 7.43. The number of carbonyl (C=O) groups excluding carboxylic acids is 1. The molecule has 3 nitrogen and oxygen atoms in total. The lowest BCUT2D eigenvalue weighted by atomic mass is 9.98. The highest BCUT2D eigenvalue weighted by Gasteiger charge is 2.22. The van der Waals surface area contributed by atoms with Crippen molar-refractivity contribution in [3.8, 4) is 0 Å². The van der Waals surface area contributed by atoms with E-state index in [0.717, 1.165) is 30.5 Å². The number of nitrogens with zero attached hydrogens (tertiary/aromatic N) is 1. The largest absolute Gasteiger partial charge is 0.334 e. The lowest BCUT2D eigenvalue weighted by molar-refractivity contribution is 0.0733. The highest BCUT2D eigenvalue weighted by atomic mass is 16.2. The normalized spacial score (nSPS) is 13.9. The van der Waals surface area contributed by atoms with Gasteiger partial charge in [0, 0.05) is 18.7 Å². The number of hydrogen-bond donors (Lipinski definition) is 1. The molecule has 0 saturated heterocycles. The molecule has 3 heteroatoms. The molecule has 0 atom stereocenters. The van der Waals surface area contributed by atoms with Gasteiger partial charge in [0.05, 0.1) is 0 Å². The van der Waals surface area contributed by atoms with Crippen LogP contribution in [0.4, 0.5) is 0 Å². The molecule has 108 valence electrons. The van der Waals surface area contributed by atoms with Gasteiger partial charge in [-0.05, 0) is 42.1 Å². The van der Waals surface area contributed by atoms with E-state index < -0.39 is 0 Å². The zero-order valence-corrected chi connectivity index (χ0v) is 12.1. The van der Waals surface area contributed by atoms with E-state index in [1.165, 1.54) is 11.1 Å². The first-order valence-corrected chi connectivity index (χ1v) is 7.43. The number of benzene rings is 2. The second-order valence-electron chi connectivity index (χ2n) is 5.44. The third-order valence-electron chi connectivity index (χ3n) is 4.08. The first kappa shape index (κ1) is 13.8. The van der Waals surface area contributed by atoms with Crippen LogP contribution in [0.1, 0.15) is 27.0 Å². The topological polar surface area (TPSA) is 46.3 Å². The van der Waals surface area contributed by atoms with E-state index in [4.69, 9.17) is 5.73 Å². The fourth-order valence-corrected chi connectivity index (χ4v) is 2.94. The molecule has 0 aliphatic carbocycles. The molecule has 3 rings (SSSR count). The van der Waals surface area contributed by atoms with Crippen molar-refractivity contribution in [2.75, 3.05) is 13.1 Å². The van der Waals surface area contributed by atoms with Gasteiger partial charge in [-0.1, -0.05) is 42.5 Å². The third-order valence-corrected chi connectivity index (χ3v) is 4.08. The number of hydrogen-bond acceptors (Lipinski definition) is 2. The zero-order valence-electron chi connectivity index (χ0n) is 12.1. The zero-order chi connectivity index (χ0) is 14.7. The van der Waals surface area contributed by atoms with Gasteiger partial charge in [-0.2, -0.15) is 0 Å². The van der Waals surface area contributed by atoms with E-state index in [2.05, 4.69) is 18.2 Å². The van der Waals surface area contributed by atoms with Gasteiger partial charge in [0.25, 0.3) is 5.91 Å². The Kier molecular flexibility index (Phi) is 4.02. The van der Waals surface area contributed by atoms with Gasteiger partial charge in [0.1, 0.15) is 0 Å². The van der Waals surface area contributed by atoms with Crippen molar-refractivity contribution >= 4 is 5.91 Å². The summed E-state index contributed by atoms with van der Waals surface area (Å²) >= 11 is 0. The van der Waals surface area contributed by atoms with Gasteiger partial charge in [-0.15, -0.1) is 0 Å². The Morgan fingerprint density at radius 3 is 2.57 bits per heavy atom. The van der Waals surface area contributed by atoms with Crippen molar-refractivity contribution in [3.63, 3.8) is 0 Å². The summed E-state index contributed by atoms with van der Waals surface area (Å²) in [6.07, 6.45) is 1.67. The number of nitrogens with two attached hydrogens (primary N) is 1. The number of amides is 1. The van der Waals surface area contributed by atoms with Crippen molar-refractivity contribution in [2.24, 2.45) is 5.73 Å². The maximum atomic E-state index is 12.8. The maximum Gasteiger partial charge on any atom is 0.254 e. The Morgan fingerprint density at radius 1 is 1.05 bits per heavy atom. The fraction of sp³-hybridized carbons (Fsp3) is 0.278. The first-order chi connectivity index (χ1) is 10.3. The third kappa shape index (κ3) is 2.83. The monoisotopic (exact) mass is 280 g/mol. The van der Waals surface area contributed by atoms with Crippen LogP contribution in [0.5, 0.6) is 0 Å². The van der Waals surface area contributed by atoms with Gasteiger partial charge in [-0.25, -0.2) is 0 Å². The van der Waals surface area contributed by atoms with Crippen LogP contribution in [0.3, 0.4) is 0 Å². The highest BCUT2D eigenvalue weighted by molar-refractivity contribution is 5.95. The molecule has 0 aromatic heterocycles. The summed E-state index contributed by atoms with van der Waals surface area (Å²) in [5, 5.41) is 0. The van der Waals surface area contributed by atoms with Gasteiger partial charge in [-0.3, -0.25) is 4.79 Å². The Labute approximate surface area is 125 Å². The molecule has 1 amide bonds. The summed E-state index contributed by atoms with van der Waals surface area (Å²) in [5.41, 5.74) is 10.1. The van der Waals surface area contributed by atoms with Crippen molar-refractivity contribution < 1.29 is 4.79 Å². The van der Waals surface area contributed by atoms with Crippen molar-refractivity contribution in [2.45, 2.75) is 19.4 Å². The molecule has 0 spiro atoms. The summed E-state index contributed by atoms with van der Waals surface area (Å²) in [6, 6.07) is 16.2. The predicted octanol–water partition coefficient (Wildman–Crippen LogP) is 2.39. The van der Waals surface area contributed by atoms with Gasteiger partial charge >= 0.3 is 0 Å². The van der Waals surface area contributed by atoms with Gasteiger partial charge < -0.3 is 10.6 Å². The molecule has 0 saturated carbocycles. The van der Waals surface area contributed by atoms with Crippen LogP contribution < -0.4 is 5.73 Å². The van der Waals surface area contributed by atoms with E-state index in [1.807, 2.05) is 35.2 Å². The molecular formula is C18H20N2O. The van der Waals surface area contributed by atoms with E-state index in [1.54, 1.807) is 0 Å². The molecule has 1 aliphatic rings. The fourth-order valence-electron chi connectivity index (χ4n) is 2.94. The van der Waals surface area contributed by atoms with Gasteiger partial charge in [0.2, 0.25) is 0 Å². The molecule has 0 radical (unpaired) electrons. The predicted molar refractivity (Wildman–Crippen MR) is 84.1 cm³/mol. The minimum Gasteiger partial charge on any atom is -0.334 e. The van der Waals surface area contributed by atoms with Crippen LogP contribution >= 0.6 is 0 Å². The summed E-state index contributed by atoms with van der Waals surface area (Å²) in [6.45, 7) is 2.05. The summed E-state index contributed by atoms with van der Waals surface area (Å²) in [7, 11) is 0. The minimum absolute atomic E-state index is 0.119. The lowest BCUT2D eigenvalue weighted by Crippen LogP contribution is -2.36. The number of rotatable bonds is 3. The average Bonchev–Trinajstić information content (AvgIpc) is 2.54. The molecule has 1 heterocycles. The average molecular weight is 280 g/mol. The van der Waals surface area contributed by atoms with E-state index in [0.29, 0.717) is 13.1 Å². The van der Waals surface area contributed by atoms with Crippen molar-refractivity contribution in [1.29, 1.82) is 0 Å². The van der Waals surface area contributed by atoms with E-state index in [9.17, 15) is 4.79 Å². The molecule has 21 heavy (non-hydrogen) atoms. The molecule has 1 aliphatic heterocycles. The molecule has 0 unspecified atom stereocenters. The lowest BCUT2D eigenvalue weighted by Gasteiger charge is -2.29. The molecule has 2 aromatic carbocycles. The summed E-state index contributed by atoms with van der Waals surface area (Å²) in [4.78, 5) is 14.7. The maximum absolute atomic E-state index is 12.8. The second kappa shape index (κ2) is 6.10. The Balaban J connectivity index is 1.84. The van der Waals surface area contributed by atoms with Crippen molar-refractivity contribution in [3.05, 3.63) is 70.8 Å². The highest BCUT2D eigenvalue weighted by Crippen LogP contribution is 2.21. The summed E-state index contributed by atoms with van der Waals surface area (Å²) < 4.78 is 0. The summed E-state index contributed by atoms with van der Waals surface area (Å²) in [5.74, 6) is 0.119. The molecular weight excluding hydrogens is 260 g/mol. The molecule has 0 bridgehead atoms. The Morgan fingerprint density at radius 2 is 1.76 bits per heavy atom. The smallest absolute Gasteiger partial charge is 0.254 e. The van der Waals surface area contributed by atoms with Gasteiger partial charge in [0.15, 0.2) is 0 Å². The minimum atomic E-state index is 0.119. The standard InChI is InChI=1S/C18H20N2O/c19-11-9-15-6-3-4-8-17(15)18(21)20-12-10-14-5-1-2-7-16(14)13-20/h1-8H,9-13,19H2. The Hall–Kier alpha value is -2.13. The van der Waals surface area contributed by atoms with Crippen LogP contribution in [-0.2, 0) is 19.4 Å². The number of fused-ring (bicyclic) bond motifs is 1. The second-order valence-corrected chi connectivity index (χ2v) is 5.44. The quantitative estimate of drug-likeness (QED) is 0.938. The van der Waals surface area contributed by atoms with Crippen LogP contribution in [-0.4, -0.2) is 23.9 Å². The SMILES string of the molecule is NCCc1ccccc1C(=O)N1CCc2ccccc2C1. The van der Waals surface area contributed by atoms with E-state index in [-0.39, 0.29) is 5.91 Å². The van der Waals surface area contributed by atoms with E-state index >= 15 is 0 Å². The molecule has 0 fully saturated rings. The Bertz CT molecular complexity index is 651. The van der Waals surface area contributed by atoms with Crippen LogP contribution in [0.25, 0.3) is 0 Å². The van der Waals surface area contributed by atoms with Crippen molar-refractivity contribution in [1.82, 2.24) is 4.90 Å². The number of carbonyl (C=O) groups is 1. The van der Waals surface area contributed by atoms with Crippen LogP contribution in [0, 0.1) is 0 Å².